The second-order valence-electron chi connectivity index (χ2n) is 7.16. The first-order valence-corrected chi connectivity index (χ1v) is 11.2. The van der Waals surface area contributed by atoms with Crippen LogP contribution in [-0.4, -0.2) is 26.3 Å². The number of anilines is 1. The van der Waals surface area contributed by atoms with Crippen LogP contribution in [0.3, 0.4) is 0 Å². The minimum Gasteiger partial charge on any atom is -0.384 e. The normalized spacial score (nSPS) is 12.3. The van der Waals surface area contributed by atoms with Gasteiger partial charge in [0.05, 0.1) is 10.5 Å². The third kappa shape index (κ3) is 5.88. The summed E-state index contributed by atoms with van der Waals surface area (Å²) in [4.78, 5) is 12.3. The van der Waals surface area contributed by atoms with E-state index < -0.39 is 33.5 Å². The Morgan fingerprint density at radius 3 is 2.15 bits per heavy atom. The monoisotopic (exact) mass is 488 g/mol. The van der Waals surface area contributed by atoms with Gasteiger partial charge in [-0.25, -0.2) is 13.6 Å². The van der Waals surface area contributed by atoms with E-state index in [9.17, 15) is 26.4 Å². The van der Waals surface area contributed by atoms with Gasteiger partial charge in [-0.3, -0.25) is 10.2 Å². The van der Waals surface area contributed by atoms with E-state index in [4.69, 9.17) is 16.3 Å². The number of nitrogens with two attached hydrogens (primary N) is 2. The number of hydrogen-bond donors (Lipinski definition) is 4. The number of alkyl halides is 3. The maximum atomic E-state index is 13.6. The van der Waals surface area contributed by atoms with Crippen molar-refractivity contribution in [3.8, 4) is 11.1 Å². The van der Waals surface area contributed by atoms with Crippen LogP contribution in [0.15, 0.2) is 83.8 Å². The maximum Gasteiger partial charge on any atom is 0.417 e. The van der Waals surface area contributed by atoms with Gasteiger partial charge >= 0.3 is 6.18 Å². The number of amides is 1. The minimum absolute atomic E-state index is 0.0858. The van der Waals surface area contributed by atoms with E-state index >= 15 is 0 Å². The SMILES string of the molecule is N=C(N)c1cccc(C(=CC(=O)Nc2ccc(-c3ccccc3S(N)(=O)=O)cc2)C(F)(F)F)c1. The van der Waals surface area contributed by atoms with Crippen molar-refractivity contribution in [1.29, 1.82) is 5.41 Å². The minimum atomic E-state index is -4.84. The van der Waals surface area contributed by atoms with E-state index in [0.29, 0.717) is 17.2 Å². The number of hydrogen-bond acceptors (Lipinski definition) is 4. The smallest absolute Gasteiger partial charge is 0.384 e. The molecule has 0 fully saturated rings. The fraction of sp³-hybridized carbons (Fsp3) is 0.0435. The lowest BCUT2D eigenvalue weighted by atomic mass is 10.0. The average Bonchev–Trinajstić information content (AvgIpc) is 2.77. The van der Waals surface area contributed by atoms with Gasteiger partial charge in [-0.2, -0.15) is 13.2 Å². The largest absolute Gasteiger partial charge is 0.417 e. The van der Waals surface area contributed by atoms with Gasteiger partial charge in [0.15, 0.2) is 0 Å². The Balaban J connectivity index is 1.88. The van der Waals surface area contributed by atoms with Gasteiger partial charge in [-0.05, 0) is 35.4 Å². The molecule has 3 aromatic rings. The third-order valence-electron chi connectivity index (χ3n) is 4.72. The zero-order valence-corrected chi connectivity index (χ0v) is 18.2. The summed E-state index contributed by atoms with van der Waals surface area (Å²) in [5, 5.41) is 15.0. The molecule has 0 radical (unpaired) electrons. The second kappa shape index (κ2) is 9.49. The molecule has 176 valence electrons. The summed E-state index contributed by atoms with van der Waals surface area (Å²) in [5.41, 5.74) is 4.93. The molecule has 0 aliphatic carbocycles. The van der Waals surface area contributed by atoms with E-state index in [2.05, 4.69) is 5.32 Å². The van der Waals surface area contributed by atoms with Crippen LogP contribution in [0.25, 0.3) is 16.7 Å². The summed E-state index contributed by atoms with van der Waals surface area (Å²) >= 11 is 0. The number of rotatable bonds is 6. The molecule has 1 amide bonds. The van der Waals surface area contributed by atoms with Crippen molar-refractivity contribution in [2.24, 2.45) is 10.9 Å². The molecule has 0 saturated carbocycles. The highest BCUT2D eigenvalue weighted by Crippen LogP contribution is 2.34. The summed E-state index contributed by atoms with van der Waals surface area (Å²) in [6.45, 7) is 0. The molecule has 3 rings (SSSR count). The summed E-state index contributed by atoms with van der Waals surface area (Å²) in [6.07, 6.45) is -4.42. The lowest BCUT2D eigenvalue weighted by Gasteiger charge is -2.13. The first-order chi connectivity index (χ1) is 15.9. The number of allylic oxidation sites excluding steroid dienone is 1. The molecule has 0 bridgehead atoms. The van der Waals surface area contributed by atoms with Crippen LogP contribution in [-0.2, 0) is 14.8 Å². The van der Waals surface area contributed by atoms with E-state index in [-0.39, 0.29) is 21.7 Å². The first kappa shape index (κ1) is 24.7. The number of primary sulfonamides is 1. The standard InChI is InChI=1S/C23H19F3N4O3S/c24-23(25,26)19(15-4-3-5-16(12-15)22(27)28)13-21(31)30-17-10-8-14(9-11-17)18-6-1-2-7-20(18)34(29,32)33/h1-13H,(H3,27,28)(H,30,31)(H2,29,32,33). The molecule has 34 heavy (non-hydrogen) atoms. The average molecular weight is 488 g/mol. The Labute approximate surface area is 193 Å². The van der Waals surface area contributed by atoms with Gasteiger partial charge in [-0.15, -0.1) is 0 Å². The van der Waals surface area contributed by atoms with E-state index in [0.717, 1.165) is 12.1 Å². The fourth-order valence-corrected chi connectivity index (χ4v) is 3.94. The van der Waals surface area contributed by atoms with E-state index in [1.54, 1.807) is 12.1 Å². The maximum absolute atomic E-state index is 13.6. The van der Waals surface area contributed by atoms with Crippen molar-refractivity contribution in [3.05, 3.63) is 90.0 Å². The van der Waals surface area contributed by atoms with Crippen LogP contribution in [0.5, 0.6) is 0 Å². The van der Waals surface area contributed by atoms with Crippen LogP contribution in [0.1, 0.15) is 11.1 Å². The zero-order valence-electron chi connectivity index (χ0n) is 17.4. The van der Waals surface area contributed by atoms with Crippen molar-refractivity contribution < 1.29 is 26.4 Å². The number of benzene rings is 3. The topological polar surface area (TPSA) is 139 Å². The van der Waals surface area contributed by atoms with Gasteiger partial charge in [0, 0.05) is 22.9 Å². The molecule has 0 spiro atoms. The van der Waals surface area contributed by atoms with Gasteiger partial charge in [0.2, 0.25) is 15.9 Å². The Bertz CT molecular complexity index is 1380. The summed E-state index contributed by atoms with van der Waals surface area (Å²) < 4.78 is 64.5. The molecule has 0 aromatic heterocycles. The molecule has 0 aliphatic heterocycles. The van der Waals surface area contributed by atoms with Gasteiger partial charge < -0.3 is 11.1 Å². The molecule has 3 aromatic carbocycles. The molecule has 6 N–H and O–H groups in total. The fourth-order valence-electron chi connectivity index (χ4n) is 3.18. The van der Waals surface area contributed by atoms with Crippen LogP contribution in [0, 0.1) is 5.41 Å². The van der Waals surface area contributed by atoms with Gasteiger partial charge in [0.25, 0.3) is 0 Å². The van der Waals surface area contributed by atoms with Crippen molar-refractivity contribution in [1.82, 2.24) is 0 Å². The number of nitrogen functional groups attached to an aromatic ring is 1. The number of amidine groups is 1. The van der Waals surface area contributed by atoms with Crippen LogP contribution >= 0.6 is 0 Å². The van der Waals surface area contributed by atoms with E-state index in [1.807, 2.05) is 0 Å². The lowest BCUT2D eigenvalue weighted by Crippen LogP contribution is -2.17. The van der Waals surface area contributed by atoms with Crippen molar-refractivity contribution in [2.45, 2.75) is 11.1 Å². The summed E-state index contributed by atoms with van der Waals surface area (Å²) in [6, 6.07) is 16.8. The predicted molar refractivity (Wildman–Crippen MR) is 123 cm³/mol. The lowest BCUT2D eigenvalue weighted by molar-refractivity contribution is -0.112. The second-order valence-corrected chi connectivity index (χ2v) is 8.69. The van der Waals surface area contributed by atoms with E-state index in [1.165, 1.54) is 48.5 Å². The molecule has 11 heteroatoms. The Morgan fingerprint density at radius 1 is 0.941 bits per heavy atom. The van der Waals surface area contributed by atoms with Crippen LogP contribution < -0.4 is 16.2 Å². The molecule has 0 heterocycles. The quantitative estimate of drug-likeness (QED) is 0.238. The molecular formula is C23H19F3N4O3S. The number of carbonyl (C=O) groups excluding carboxylic acids is 1. The Hall–Kier alpha value is -3.96. The molecule has 0 unspecified atom stereocenters. The highest BCUT2D eigenvalue weighted by Gasteiger charge is 2.35. The number of halogens is 3. The summed E-state index contributed by atoms with van der Waals surface area (Å²) in [7, 11) is -3.98. The number of sulfonamides is 1. The number of nitrogens with one attached hydrogen (secondary N) is 2. The molecule has 0 atom stereocenters. The van der Waals surface area contributed by atoms with Crippen molar-refractivity contribution in [2.75, 3.05) is 5.32 Å². The van der Waals surface area contributed by atoms with Crippen LogP contribution in [0.4, 0.5) is 18.9 Å². The first-order valence-electron chi connectivity index (χ1n) is 9.63. The Kier molecular flexibility index (Phi) is 6.89. The molecule has 0 aliphatic rings. The number of carbonyl (C=O) groups is 1. The Morgan fingerprint density at radius 2 is 1.56 bits per heavy atom. The zero-order chi connectivity index (χ0) is 25.1. The van der Waals surface area contributed by atoms with Crippen LogP contribution in [0.2, 0.25) is 0 Å². The molecular weight excluding hydrogens is 469 g/mol. The van der Waals surface area contributed by atoms with Gasteiger partial charge in [0.1, 0.15) is 5.84 Å². The van der Waals surface area contributed by atoms with Crippen molar-refractivity contribution >= 4 is 33.0 Å². The predicted octanol–water partition coefficient (Wildman–Crippen LogP) is 3.87. The van der Waals surface area contributed by atoms with Crippen molar-refractivity contribution in [3.63, 3.8) is 0 Å². The highest BCUT2D eigenvalue weighted by atomic mass is 32.2. The highest BCUT2D eigenvalue weighted by molar-refractivity contribution is 7.89. The third-order valence-corrected chi connectivity index (χ3v) is 5.69. The summed E-state index contributed by atoms with van der Waals surface area (Å²) in [5.74, 6) is -1.44. The molecule has 7 nitrogen and oxygen atoms in total. The van der Waals surface area contributed by atoms with Gasteiger partial charge in [-0.1, -0.05) is 48.5 Å². The molecule has 0 saturated heterocycles.